The first-order chi connectivity index (χ1) is 7.06. The van der Waals surface area contributed by atoms with Crippen molar-refractivity contribution in [2.24, 2.45) is 5.73 Å². The lowest BCUT2D eigenvalue weighted by atomic mass is 10.1. The summed E-state index contributed by atoms with van der Waals surface area (Å²) < 4.78 is 2.73. The van der Waals surface area contributed by atoms with Crippen LogP contribution in [0.15, 0.2) is 18.8 Å². The maximum atomic E-state index is 11.8. The van der Waals surface area contributed by atoms with Gasteiger partial charge in [0, 0.05) is 24.2 Å². The Kier molecular flexibility index (Phi) is 6.37. The van der Waals surface area contributed by atoms with Crippen molar-refractivity contribution in [1.82, 2.24) is 5.32 Å². The predicted octanol–water partition coefficient (Wildman–Crippen LogP) is 2.28. The molecule has 1 atom stereocenters. The smallest absolute Gasteiger partial charge is 0.252 e. The molecule has 1 amide bonds. The molecule has 1 aliphatic rings. The molecular weight excluding hydrogens is 533 g/mol. The molecule has 0 aromatic rings. The van der Waals surface area contributed by atoms with E-state index in [-0.39, 0.29) is 5.91 Å². The Labute approximate surface area is 130 Å². The van der Waals surface area contributed by atoms with Gasteiger partial charge >= 0.3 is 0 Å². The second-order valence-corrected chi connectivity index (χ2v) is 7.04. The van der Waals surface area contributed by atoms with Crippen molar-refractivity contribution in [3.05, 3.63) is 18.8 Å². The summed E-state index contributed by atoms with van der Waals surface area (Å²) in [6, 6.07) is 0. The van der Waals surface area contributed by atoms with Crippen molar-refractivity contribution in [2.75, 3.05) is 13.1 Å². The fourth-order valence-electron chi connectivity index (χ4n) is 1.18. The zero-order chi connectivity index (χ0) is 11.4. The number of rotatable bonds is 3. The number of allylic oxidation sites excluding steroid dienone is 2. The van der Waals surface area contributed by atoms with Gasteiger partial charge in [0.25, 0.3) is 5.91 Å². The first kappa shape index (κ1) is 14.2. The highest BCUT2D eigenvalue weighted by molar-refractivity contribution is 14.1. The highest BCUT2D eigenvalue weighted by atomic mass is 127. The number of nitrogens with one attached hydrogen (secondary N) is 1. The van der Waals surface area contributed by atoms with Gasteiger partial charge in [0.1, 0.15) is 0 Å². The number of nitrogens with two attached hydrogens (primary N) is 1. The largest absolute Gasteiger partial charge is 0.351 e. The SMILES string of the molecule is NCCNC(=O)C1=CC(I)CC(I)=C1I. The van der Waals surface area contributed by atoms with Gasteiger partial charge in [-0.1, -0.05) is 28.7 Å². The van der Waals surface area contributed by atoms with Crippen LogP contribution in [0.3, 0.4) is 0 Å². The molecule has 0 heterocycles. The van der Waals surface area contributed by atoms with Crippen LogP contribution in [-0.4, -0.2) is 22.9 Å². The third-order valence-corrected chi connectivity index (χ3v) is 5.91. The van der Waals surface area contributed by atoms with E-state index < -0.39 is 0 Å². The zero-order valence-corrected chi connectivity index (χ0v) is 14.4. The van der Waals surface area contributed by atoms with Crippen LogP contribution >= 0.6 is 67.8 Å². The van der Waals surface area contributed by atoms with Crippen LogP contribution < -0.4 is 11.1 Å². The Morgan fingerprint density at radius 1 is 1.60 bits per heavy atom. The zero-order valence-electron chi connectivity index (χ0n) is 7.90. The molecule has 0 saturated carbocycles. The highest BCUT2D eigenvalue weighted by Crippen LogP contribution is 2.36. The Balaban J connectivity index is 2.79. The normalized spacial score (nSPS) is 21.3. The summed E-state index contributed by atoms with van der Waals surface area (Å²) in [7, 11) is 0. The molecule has 0 bridgehead atoms. The Morgan fingerprint density at radius 3 is 2.87 bits per heavy atom. The van der Waals surface area contributed by atoms with Gasteiger partial charge < -0.3 is 11.1 Å². The van der Waals surface area contributed by atoms with Gasteiger partial charge in [-0.3, -0.25) is 4.79 Å². The second kappa shape index (κ2) is 6.74. The van der Waals surface area contributed by atoms with Gasteiger partial charge in [0.2, 0.25) is 0 Å². The van der Waals surface area contributed by atoms with Gasteiger partial charge in [0.15, 0.2) is 0 Å². The van der Waals surface area contributed by atoms with Crippen LogP contribution in [0.1, 0.15) is 6.42 Å². The van der Waals surface area contributed by atoms with E-state index in [1.807, 2.05) is 6.08 Å². The number of carbonyl (C=O) groups excluding carboxylic acids is 1. The van der Waals surface area contributed by atoms with E-state index >= 15 is 0 Å². The molecule has 3 N–H and O–H groups in total. The molecule has 0 fully saturated rings. The third-order valence-electron chi connectivity index (χ3n) is 1.87. The van der Waals surface area contributed by atoms with Crippen LogP contribution in [0.4, 0.5) is 0 Å². The van der Waals surface area contributed by atoms with Gasteiger partial charge in [-0.05, 0) is 51.6 Å². The molecule has 0 aromatic heterocycles. The summed E-state index contributed by atoms with van der Waals surface area (Å²) in [5, 5.41) is 2.80. The van der Waals surface area contributed by atoms with Crippen LogP contribution in [-0.2, 0) is 4.79 Å². The quantitative estimate of drug-likeness (QED) is 0.424. The molecule has 3 nitrogen and oxygen atoms in total. The fourth-order valence-corrected chi connectivity index (χ4v) is 4.23. The lowest BCUT2D eigenvalue weighted by molar-refractivity contribution is -0.117. The van der Waals surface area contributed by atoms with E-state index in [2.05, 4.69) is 73.1 Å². The number of amides is 1. The molecule has 0 spiro atoms. The highest BCUT2D eigenvalue weighted by Gasteiger charge is 2.21. The summed E-state index contributed by atoms with van der Waals surface area (Å²) in [4.78, 5) is 11.8. The van der Waals surface area contributed by atoms with Crippen molar-refractivity contribution in [3.8, 4) is 0 Å². The van der Waals surface area contributed by atoms with Crippen molar-refractivity contribution >= 4 is 73.7 Å². The molecule has 0 aliphatic heterocycles. The third kappa shape index (κ3) is 4.11. The first-order valence-corrected chi connectivity index (χ1v) is 7.85. The number of carbonyl (C=O) groups is 1. The Bertz CT molecular complexity index is 325. The van der Waals surface area contributed by atoms with Crippen molar-refractivity contribution in [1.29, 1.82) is 0 Å². The standard InChI is InChI=1S/C9H11I3N2O/c10-5-3-6(8(12)7(11)4-5)9(15)14-2-1-13/h3,5H,1-2,4,13H2,(H,14,15). The van der Waals surface area contributed by atoms with E-state index in [1.54, 1.807) is 0 Å². The van der Waals surface area contributed by atoms with Crippen molar-refractivity contribution in [2.45, 2.75) is 10.3 Å². The van der Waals surface area contributed by atoms with Gasteiger partial charge in [-0.25, -0.2) is 0 Å². The molecule has 15 heavy (non-hydrogen) atoms. The van der Waals surface area contributed by atoms with E-state index in [0.717, 1.165) is 15.6 Å². The molecular formula is C9H11I3N2O. The van der Waals surface area contributed by atoms with E-state index in [1.165, 1.54) is 3.58 Å². The van der Waals surface area contributed by atoms with Crippen LogP contribution in [0.25, 0.3) is 0 Å². The summed E-state index contributed by atoms with van der Waals surface area (Å²) in [6.07, 6.45) is 3.05. The molecule has 1 aliphatic carbocycles. The minimum absolute atomic E-state index is 0.0135. The van der Waals surface area contributed by atoms with Crippen LogP contribution in [0.5, 0.6) is 0 Å². The second-order valence-electron chi connectivity index (χ2n) is 3.06. The van der Waals surface area contributed by atoms with Crippen LogP contribution in [0, 0.1) is 0 Å². The minimum atomic E-state index is -0.0135. The Morgan fingerprint density at radius 2 is 2.27 bits per heavy atom. The van der Waals surface area contributed by atoms with Crippen LogP contribution in [0.2, 0.25) is 0 Å². The molecule has 0 radical (unpaired) electrons. The minimum Gasteiger partial charge on any atom is -0.351 e. The predicted molar refractivity (Wildman–Crippen MR) is 87.6 cm³/mol. The molecule has 84 valence electrons. The summed E-state index contributed by atoms with van der Waals surface area (Å²) >= 11 is 6.88. The average molecular weight is 544 g/mol. The lowest BCUT2D eigenvalue weighted by Crippen LogP contribution is -2.31. The van der Waals surface area contributed by atoms with Gasteiger partial charge in [0.05, 0.1) is 5.57 Å². The van der Waals surface area contributed by atoms with Crippen molar-refractivity contribution in [3.63, 3.8) is 0 Å². The number of alkyl halides is 1. The monoisotopic (exact) mass is 544 g/mol. The number of halogens is 3. The fraction of sp³-hybridized carbons (Fsp3) is 0.444. The topological polar surface area (TPSA) is 55.1 Å². The summed E-state index contributed by atoms with van der Waals surface area (Å²) in [5.74, 6) is -0.0135. The number of hydrogen-bond donors (Lipinski definition) is 2. The van der Waals surface area contributed by atoms with Gasteiger partial charge in [-0.2, -0.15) is 0 Å². The Hall–Kier alpha value is 1.10. The van der Waals surface area contributed by atoms with E-state index in [9.17, 15) is 4.79 Å². The molecule has 0 aromatic carbocycles. The molecule has 1 rings (SSSR count). The first-order valence-electron chi connectivity index (χ1n) is 4.45. The van der Waals surface area contributed by atoms with Gasteiger partial charge in [-0.15, -0.1) is 0 Å². The lowest BCUT2D eigenvalue weighted by Gasteiger charge is -2.17. The molecule has 0 saturated heterocycles. The molecule has 1 unspecified atom stereocenters. The summed E-state index contributed by atoms with van der Waals surface area (Å²) in [5.41, 5.74) is 6.14. The van der Waals surface area contributed by atoms with E-state index in [4.69, 9.17) is 5.73 Å². The van der Waals surface area contributed by atoms with Crippen molar-refractivity contribution < 1.29 is 4.79 Å². The average Bonchev–Trinajstić information content (AvgIpc) is 2.19. The maximum Gasteiger partial charge on any atom is 0.252 e. The molecule has 6 heteroatoms. The summed E-state index contributed by atoms with van der Waals surface area (Å²) in [6.45, 7) is 1.01. The number of hydrogen-bond acceptors (Lipinski definition) is 2. The maximum absolute atomic E-state index is 11.8. The van der Waals surface area contributed by atoms with E-state index in [0.29, 0.717) is 17.0 Å².